The molecule has 0 bridgehead atoms. The van der Waals surface area contributed by atoms with Crippen LogP contribution in [0.2, 0.25) is 0 Å². The number of hydrogen-bond acceptors (Lipinski definition) is 2. The Morgan fingerprint density at radius 1 is 0.633 bits per heavy atom. The van der Waals surface area contributed by atoms with Gasteiger partial charge in [0.2, 0.25) is 0 Å². The average molecular weight is 419 g/mol. The van der Waals surface area contributed by atoms with Gasteiger partial charge in [-0.05, 0) is 43.4 Å². The van der Waals surface area contributed by atoms with Crippen molar-refractivity contribution in [2.24, 2.45) is 0 Å². The van der Waals surface area contributed by atoms with Crippen molar-refractivity contribution in [3.63, 3.8) is 0 Å². The number of aliphatic hydroxyl groups excluding tert-OH is 1. The summed E-state index contributed by atoms with van der Waals surface area (Å²) in [7, 11) is 0. The van der Waals surface area contributed by atoms with Crippen LogP contribution < -0.4 is 4.74 Å². The first-order valence-corrected chi connectivity index (χ1v) is 13.2. The SMILES string of the molecule is CCCCCCCCCCCCCCCCCCc1ccc(OCC)c(CCO)c1. The summed E-state index contributed by atoms with van der Waals surface area (Å²) in [6.45, 7) is 5.16. The Balaban J connectivity index is 1.94. The molecular formula is C28H50O2. The van der Waals surface area contributed by atoms with Crippen LogP contribution in [0.15, 0.2) is 18.2 Å². The van der Waals surface area contributed by atoms with Crippen molar-refractivity contribution in [1.29, 1.82) is 0 Å². The average Bonchev–Trinajstić information content (AvgIpc) is 2.75. The van der Waals surface area contributed by atoms with Crippen molar-refractivity contribution in [2.75, 3.05) is 13.2 Å². The molecule has 0 spiro atoms. The Kier molecular flexibility index (Phi) is 17.9. The minimum atomic E-state index is 0.183. The largest absolute Gasteiger partial charge is 0.494 e. The number of benzene rings is 1. The molecule has 2 heteroatoms. The van der Waals surface area contributed by atoms with E-state index in [9.17, 15) is 5.11 Å². The molecular weight excluding hydrogens is 368 g/mol. The highest BCUT2D eigenvalue weighted by molar-refractivity contribution is 5.37. The summed E-state index contributed by atoms with van der Waals surface area (Å²) in [5, 5.41) is 9.27. The number of hydrogen-bond donors (Lipinski definition) is 1. The van der Waals surface area contributed by atoms with Crippen molar-refractivity contribution < 1.29 is 9.84 Å². The van der Waals surface area contributed by atoms with Gasteiger partial charge in [-0.15, -0.1) is 0 Å². The Bertz CT molecular complexity index is 497. The van der Waals surface area contributed by atoms with Gasteiger partial charge in [-0.3, -0.25) is 0 Å². The van der Waals surface area contributed by atoms with E-state index in [0.29, 0.717) is 13.0 Å². The van der Waals surface area contributed by atoms with Gasteiger partial charge >= 0.3 is 0 Å². The molecule has 1 aromatic rings. The molecule has 1 rings (SSSR count). The zero-order chi connectivity index (χ0) is 21.7. The van der Waals surface area contributed by atoms with Crippen LogP contribution in [0.5, 0.6) is 5.75 Å². The fraction of sp³-hybridized carbons (Fsp3) is 0.786. The van der Waals surface area contributed by atoms with Gasteiger partial charge in [0.1, 0.15) is 5.75 Å². The molecule has 0 fully saturated rings. The molecule has 174 valence electrons. The lowest BCUT2D eigenvalue weighted by Gasteiger charge is -2.11. The van der Waals surface area contributed by atoms with Crippen LogP contribution in [0.3, 0.4) is 0 Å². The molecule has 0 atom stereocenters. The third kappa shape index (κ3) is 14.1. The Labute approximate surface area is 187 Å². The second-order valence-corrected chi connectivity index (χ2v) is 8.90. The van der Waals surface area contributed by atoms with Crippen LogP contribution in [-0.4, -0.2) is 18.3 Å². The molecule has 0 aliphatic rings. The van der Waals surface area contributed by atoms with Crippen molar-refractivity contribution in [1.82, 2.24) is 0 Å². The molecule has 0 radical (unpaired) electrons. The quantitative estimate of drug-likeness (QED) is 0.203. The van der Waals surface area contributed by atoms with E-state index >= 15 is 0 Å². The number of ether oxygens (including phenoxy) is 1. The van der Waals surface area contributed by atoms with E-state index in [1.165, 1.54) is 108 Å². The molecule has 0 heterocycles. The zero-order valence-corrected chi connectivity index (χ0v) is 20.2. The van der Waals surface area contributed by atoms with Crippen LogP contribution in [0.1, 0.15) is 128 Å². The van der Waals surface area contributed by atoms with E-state index in [4.69, 9.17) is 4.74 Å². The van der Waals surface area contributed by atoms with E-state index < -0.39 is 0 Å². The van der Waals surface area contributed by atoms with Crippen molar-refractivity contribution in [3.8, 4) is 5.75 Å². The minimum absolute atomic E-state index is 0.183. The second kappa shape index (κ2) is 19.9. The predicted octanol–water partition coefficient (Wildman–Crippen LogP) is 8.42. The van der Waals surface area contributed by atoms with E-state index in [1.807, 2.05) is 6.92 Å². The van der Waals surface area contributed by atoms with Gasteiger partial charge in [-0.2, -0.15) is 0 Å². The first kappa shape index (κ1) is 27.0. The first-order valence-electron chi connectivity index (χ1n) is 13.2. The van der Waals surface area contributed by atoms with Crippen LogP contribution in [0, 0.1) is 0 Å². The normalized spacial score (nSPS) is 11.2. The van der Waals surface area contributed by atoms with Gasteiger partial charge < -0.3 is 9.84 Å². The summed E-state index contributed by atoms with van der Waals surface area (Å²) in [5.41, 5.74) is 2.53. The summed E-state index contributed by atoms with van der Waals surface area (Å²) >= 11 is 0. The van der Waals surface area contributed by atoms with Gasteiger partial charge in [-0.25, -0.2) is 0 Å². The summed E-state index contributed by atoms with van der Waals surface area (Å²) in [4.78, 5) is 0. The third-order valence-corrected chi connectivity index (χ3v) is 6.12. The van der Waals surface area contributed by atoms with Gasteiger partial charge in [0.15, 0.2) is 0 Å². The van der Waals surface area contributed by atoms with Gasteiger partial charge in [0, 0.05) is 6.61 Å². The summed E-state index contributed by atoms with van der Waals surface area (Å²) in [5.74, 6) is 0.933. The molecule has 0 aromatic heterocycles. The fourth-order valence-corrected chi connectivity index (χ4v) is 4.28. The fourth-order valence-electron chi connectivity index (χ4n) is 4.28. The lowest BCUT2D eigenvalue weighted by Crippen LogP contribution is -2.00. The van der Waals surface area contributed by atoms with Crippen LogP contribution in [0.4, 0.5) is 0 Å². The number of rotatable bonds is 21. The van der Waals surface area contributed by atoms with Gasteiger partial charge in [0.25, 0.3) is 0 Å². The summed E-state index contributed by atoms with van der Waals surface area (Å²) < 4.78 is 5.67. The molecule has 0 saturated carbocycles. The summed E-state index contributed by atoms with van der Waals surface area (Å²) in [6.07, 6.45) is 24.4. The van der Waals surface area contributed by atoms with E-state index in [2.05, 4.69) is 25.1 Å². The van der Waals surface area contributed by atoms with E-state index in [-0.39, 0.29) is 6.61 Å². The lowest BCUT2D eigenvalue weighted by atomic mass is 10.0. The Hall–Kier alpha value is -1.02. The highest BCUT2D eigenvalue weighted by Gasteiger charge is 2.05. The molecule has 30 heavy (non-hydrogen) atoms. The Morgan fingerprint density at radius 2 is 1.13 bits per heavy atom. The molecule has 0 aliphatic heterocycles. The summed E-state index contributed by atoms with van der Waals surface area (Å²) in [6, 6.07) is 6.50. The monoisotopic (exact) mass is 418 g/mol. The molecule has 0 aliphatic carbocycles. The van der Waals surface area contributed by atoms with Gasteiger partial charge in [-0.1, -0.05) is 115 Å². The standard InChI is InChI=1S/C28H50O2/c1-3-5-6-7-8-9-10-11-12-13-14-15-16-17-18-19-20-26-21-22-28(30-4-2)27(25-26)23-24-29/h21-22,25,29H,3-20,23-24H2,1-2H3. The van der Waals surface area contributed by atoms with Gasteiger partial charge in [0.05, 0.1) is 6.61 Å². The highest BCUT2D eigenvalue weighted by atomic mass is 16.5. The molecule has 1 N–H and O–H groups in total. The molecule has 0 saturated heterocycles. The van der Waals surface area contributed by atoms with E-state index in [1.54, 1.807) is 0 Å². The van der Waals surface area contributed by atoms with Crippen molar-refractivity contribution in [2.45, 2.75) is 129 Å². The maximum Gasteiger partial charge on any atom is 0.122 e. The van der Waals surface area contributed by atoms with Crippen LogP contribution >= 0.6 is 0 Å². The number of aliphatic hydroxyl groups is 1. The van der Waals surface area contributed by atoms with Crippen molar-refractivity contribution >= 4 is 0 Å². The maximum atomic E-state index is 9.27. The van der Waals surface area contributed by atoms with Crippen LogP contribution in [-0.2, 0) is 12.8 Å². The highest BCUT2D eigenvalue weighted by Crippen LogP contribution is 2.22. The molecule has 1 aromatic carbocycles. The smallest absolute Gasteiger partial charge is 0.122 e. The third-order valence-electron chi connectivity index (χ3n) is 6.12. The minimum Gasteiger partial charge on any atom is -0.494 e. The maximum absolute atomic E-state index is 9.27. The van der Waals surface area contributed by atoms with E-state index in [0.717, 1.165) is 17.7 Å². The van der Waals surface area contributed by atoms with Crippen molar-refractivity contribution in [3.05, 3.63) is 29.3 Å². The first-order chi connectivity index (χ1) is 14.8. The predicted molar refractivity (Wildman–Crippen MR) is 132 cm³/mol. The second-order valence-electron chi connectivity index (χ2n) is 8.90. The number of aryl methyl sites for hydroxylation is 1. The lowest BCUT2D eigenvalue weighted by molar-refractivity contribution is 0.292. The topological polar surface area (TPSA) is 29.5 Å². The number of unbranched alkanes of at least 4 members (excludes halogenated alkanes) is 15. The zero-order valence-electron chi connectivity index (χ0n) is 20.2. The molecule has 0 unspecified atom stereocenters. The van der Waals surface area contributed by atoms with Crippen LogP contribution in [0.25, 0.3) is 0 Å². The Morgan fingerprint density at radius 3 is 1.60 bits per heavy atom. The molecule has 2 nitrogen and oxygen atoms in total. The molecule has 0 amide bonds.